The molecule has 0 radical (unpaired) electrons. The van der Waals surface area contributed by atoms with Crippen LogP contribution in [0.2, 0.25) is 0 Å². The van der Waals surface area contributed by atoms with E-state index in [1.165, 1.54) is 25.6 Å². The molecule has 110 valence electrons. The molecule has 1 aromatic heterocycles. The third kappa shape index (κ3) is 2.71. The van der Waals surface area contributed by atoms with E-state index in [9.17, 15) is 9.18 Å². The number of esters is 1. The van der Waals surface area contributed by atoms with Gasteiger partial charge in [0.1, 0.15) is 18.0 Å². The summed E-state index contributed by atoms with van der Waals surface area (Å²) in [6, 6.07) is 11.1. The first kappa shape index (κ1) is 13.9. The van der Waals surface area contributed by atoms with Crippen molar-refractivity contribution in [3.05, 3.63) is 60.2 Å². The number of halogens is 1. The zero-order valence-electron chi connectivity index (χ0n) is 11.7. The van der Waals surface area contributed by atoms with Gasteiger partial charge in [-0.25, -0.2) is 19.2 Å². The van der Waals surface area contributed by atoms with E-state index in [4.69, 9.17) is 0 Å². The molecule has 0 aliphatic heterocycles. The van der Waals surface area contributed by atoms with Crippen LogP contribution in [0.15, 0.2) is 48.8 Å². The number of aromatic nitrogens is 2. The second-order valence-electron chi connectivity index (χ2n) is 4.58. The number of methoxy groups -OCH3 is 1. The molecular formula is C16H12FN3O2. The molecule has 0 saturated heterocycles. The van der Waals surface area contributed by atoms with Crippen molar-refractivity contribution in [2.75, 3.05) is 12.4 Å². The van der Waals surface area contributed by atoms with Crippen LogP contribution in [0.4, 0.5) is 15.9 Å². The number of benzene rings is 2. The Morgan fingerprint density at radius 2 is 2.05 bits per heavy atom. The van der Waals surface area contributed by atoms with E-state index in [0.29, 0.717) is 22.6 Å². The lowest BCUT2D eigenvalue weighted by atomic mass is 10.1. The lowest BCUT2D eigenvalue weighted by molar-refractivity contribution is 0.0601. The average molecular weight is 297 g/mol. The van der Waals surface area contributed by atoms with E-state index < -0.39 is 5.97 Å². The highest BCUT2D eigenvalue weighted by atomic mass is 19.1. The Morgan fingerprint density at radius 3 is 2.82 bits per heavy atom. The number of nitrogens with zero attached hydrogens (tertiary/aromatic N) is 2. The van der Waals surface area contributed by atoms with E-state index in [1.54, 1.807) is 30.3 Å². The summed E-state index contributed by atoms with van der Waals surface area (Å²) < 4.78 is 17.9. The Bertz CT molecular complexity index is 852. The lowest BCUT2D eigenvalue weighted by Gasteiger charge is -2.09. The largest absolute Gasteiger partial charge is 0.465 e. The Labute approximate surface area is 125 Å². The standard InChI is InChI=1S/C16H12FN3O2/c1-22-16(21)10-5-6-13-14(7-10)18-9-19-15(13)20-12-4-2-3-11(17)8-12/h2-9H,1H3,(H,18,19,20). The summed E-state index contributed by atoms with van der Waals surface area (Å²) in [4.78, 5) is 19.9. The second-order valence-corrected chi connectivity index (χ2v) is 4.58. The van der Waals surface area contributed by atoms with Crippen LogP contribution in [0.3, 0.4) is 0 Å². The number of rotatable bonds is 3. The van der Waals surface area contributed by atoms with Gasteiger partial charge in [0, 0.05) is 11.1 Å². The summed E-state index contributed by atoms with van der Waals surface area (Å²) in [6.45, 7) is 0. The van der Waals surface area contributed by atoms with Gasteiger partial charge in [0.15, 0.2) is 0 Å². The van der Waals surface area contributed by atoms with Crippen molar-refractivity contribution in [1.82, 2.24) is 9.97 Å². The molecule has 2 aromatic carbocycles. The van der Waals surface area contributed by atoms with Crippen LogP contribution in [-0.2, 0) is 4.74 Å². The molecule has 1 N–H and O–H groups in total. The Morgan fingerprint density at radius 1 is 1.18 bits per heavy atom. The minimum atomic E-state index is -0.430. The van der Waals surface area contributed by atoms with Gasteiger partial charge >= 0.3 is 5.97 Å². The van der Waals surface area contributed by atoms with Gasteiger partial charge in [-0.3, -0.25) is 0 Å². The Kier molecular flexibility index (Phi) is 3.65. The number of hydrogen-bond donors (Lipinski definition) is 1. The number of ether oxygens (including phenoxy) is 1. The van der Waals surface area contributed by atoms with Crippen LogP contribution in [-0.4, -0.2) is 23.0 Å². The topological polar surface area (TPSA) is 64.1 Å². The van der Waals surface area contributed by atoms with Gasteiger partial charge in [-0.15, -0.1) is 0 Å². The molecular weight excluding hydrogens is 285 g/mol. The third-order valence-corrected chi connectivity index (χ3v) is 3.14. The van der Waals surface area contributed by atoms with Crippen molar-refractivity contribution >= 4 is 28.4 Å². The summed E-state index contributed by atoms with van der Waals surface area (Å²) >= 11 is 0. The summed E-state index contributed by atoms with van der Waals surface area (Å²) in [6.07, 6.45) is 1.38. The smallest absolute Gasteiger partial charge is 0.337 e. The molecule has 0 atom stereocenters. The fourth-order valence-electron chi connectivity index (χ4n) is 2.10. The molecule has 6 heteroatoms. The molecule has 0 aliphatic rings. The maximum Gasteiger partial charge on any atom is 0.337 e. The molecule has 0 fully saturated rings. The monoisotopic (exact) mass is 297 g/mol. The number of carbonyl (C=O) groups excluding carboxylic acids is 1. The predicted molar refractivity (Wildman–Crippen MR) is 80.6 cm³/mol. The van der Waals surface area contributed by atoms with Gasteiger partial charge in [-0.2, -0.15) is 0 Å². The van der Waals surface area contributed by atoms with E-state index in [-0.39, 0.29) is 5.82 Å². The zero-order valence-corrected chi connectivity index (χ0v) is 11.7. The molecule has 0 aliphatic carbocycles. The van der Waals surface area contributed by atoms with Crippen molar-refractivity contribution < 1.29 is 13.9 Å². The average Bonchev–Trinajstić information content (AvgIpc) is 2.54. The van der Waals surface area contributed by atoms with Crippen molar-refractivity contribution in [1.29, 1.82) is 0 Å². The van der Waals surface area contributed by atoms with Crippen LogP contribution in [0.25, 0.3) is 10.9 Å². The van der Waals surface area contributed by atoms with Gasteiger partial charge in [-0.1, -0.05) is 6.07 Å². The van der Waals surface area contributed by atoms with Crippen molar-refractivity contribution in [2.24, 2.45) is 0 Å². The van der Waals surface area contributed by atoms with Gasteiger partial charge in [0.05, 0.1) is 18.2 Å². The SMILES string of the molecule is COC(=O)c1ccc2c(Nc3cccc(F)c3)ncnc2c1. The Balaban J connectivity index is 2.02. The van der Waals surface area contributed by atoms with E-state index >= 15 is 0 Å². The van der Waals surface area contributed by atoms with Crippen LogP contribution >= 0.6 is 0 Å². The molecule has 0 spiro atoms. The number of hydrogen-bond acceptors (Lipinski definition) is 5. The Hall–Kier alpha value is -3.02. The quantitative estimate of drug-likeness (QED) is 0.751. The minimum absolute atomic E-state index is 0.337. The van der Waals surface area contributed by atoms with Gasteiger partial charge < -0.3 is 10.1 Å². The van der Waals surface area contributed by atoms with Crippen LogP contribution < -0.4 is 5.32 Å². The predicted octanol–water partition coefficient (Wildman–Crippen LogP) is 3.30. The highest BCUT2D eigenvalue weighted by molar-refractivity contribution is 5.97. The van der Waals surface area contributed by atoms with Crippen LogP contribution in [0.1, 0.15) is 10.4 Å². The van der Waals surface area contributed by atoms with Crippen molar-refractivity contribution in [2.45, 2.75) is 0 Å². The molecule has 0 saturated carbocycles. The molecule has 3 aromatic rings. The molecule has 22 heavy (non-hydrogen) atoms. The molecule has 0 amide bonds. The van der Waals surface area contributed by atoms with E-state index in [2.05, 4.69) is 20.0 Å². The highest BCUT2D eigenvalue weighted by Crippen LogP contribution is 2.24. The van der Waals surface area contributed by atoms with Crippen molar-refractivity contribution in [3.63, 3.8) is 0 Å². The fraction of sp³-hybridized carbons (Fsp3) is 0.0625. The molecule has 1 heterocycles. The first-order chi connectivity index (χ1) is 10.7. The van der Waals surface area contributed by atoms with E-state index in [0.717, 1.165) is 5.39 Å². The molecule has 0 bridgehead atoms. The fourth-order valence-corrected chi connectivity index (χ4v) is 2.10. The molecule has 5 nitrogen and oxygen atoms in total. The first-order valence-electron chi connectivity index (χ1n) is 6.53. The summed E-state index contributed by atoms with van der Waals surface area (Å²) in [5.41, 5.74) is 1.58. The summed E-state index contributed by atoms with van der Waals surface area (Å²) in [7, 11) is 1.32. The van der Waals surface area contributed by atoms with E-state index in [1.807, 2.05) is 0 Å². The zero-order chi connectivity index (χ0) is 15.5. The highest BCUT2D eigenvalue weighted by Gasteiger charge is 2.09. The first-order valence-corrected chi connectivity index (χ1v) is 6.53. The number of carbonyl (C=O) groups is 1. The number of anilines is 2. The van der Waals surface area contributed by atoms with Gasteiger partial charge in [-0.05, 0) is 36.4 Å². The van der Waals surface area contributed by atoms with Crippen LogP contribution in [0, 0.1) is 5.82 Å². The normalized spacial score (nSPS) is 10.5. The maximum atomic E-state index is 13.2. The summed E-state index contributed by atoms with van der Waals surface area (Å²) in [5, 5.41) is 3.76. The number of nitrogens with one attached hydrogen (secondary N) is 1. The summed E-state index contributed by atoms with van der Waals surface area (Å²) in [5.74, 6) is -0.233. The third-order valence-electron chi connectivity index (χ3n) is 3.14. The van der Waals surface area contributed by atoms with Crippen molar-refractivity contribution in [3.8, 4) is 0 Å². The number of fused-ring (bicyclic) bond motifs is 1. The maximum absolute atomic E-state index is 13.2. The lowest BCUT2D eigenvalue weighted by Crippen LogP contribution is -2.02. The second kappa shape index (κ2) is 5.77. The van der Waals surface area contributed by atoms with Crippen LogP contribution in [0.5, 0.6) is 0 Å². The molecule has 3 rings (SSSR count). The van der Waals surface area contributed by atoms with Gasteiger partial charge in [0.25, 0.3) is 0 Å². The minimum Gasteiger partial charge on any atom is -0.465 e. The van der Waals surface area contributed by atoms with Gasteiger partial charge in [0.2, 0.25) is 0 Å². The molecule has 0 unspecified atom stereocenters.